The molecule has 0 unspecified atom stereocenters. The molecule has 0 spiro atoms. The highest BCUT2D eigenvalue weighted by Gasteiger charge is 2.04. The molecule has 72 valence electrons. The number of hydrogen-bond donors (Lipinski definition) is 1. The predicted octanol–water partition coefficient (Wildman–Crippen LogP) is 2.62. The van der Waals surface area contributed by atoms with Gasteiger partial charge in [-0.25, -0.2) is 0 Å². The number of nitrogens with two attached hydrogens (primary N) is 1. The van der Waals surface area contributed by atoms with E-state index in [2.05, 4.69) is 25.1 Å². The minimum Gasteiger partial charge on any atom is -0.394 e. The van der Waals surface area contributed by atoms with Gasteiger partial charge >= 0.3 is 0 Å². The van der Waals surface area contributed by atoms with Crippen molar-refractivity contribution in [1.29, 1.82) is 0 Å². The third kappa shape index (κ3) is 2.61. The van der Waals surface area contributed by atoms with Crippen LogP contribution in [0, 0.1) is 12.8 Å². The molecular weight excluding hydrogens is 164 g/mol. The molecule has 0 atom stereocenters. The Hall–Kier alpha value is -1.25. The normalized spacial score (nSPS) is 11.7. The molecule has 0 aliphatic heterocycles. The summed E-state index contributed by atoms with van der Waals surface area (Å²) in [7, 11) is 0. The van der Waals surface area contributed by atoms with Crippen LogP contribution in [-0.2, 0) is 0 Å². The van der Waals surface area contributed by atoms with Crippen molar-refractivity contribution in [3.05, 3.63) is 17.5 Å². The standard InChI is InChI=1S/C10H16N2O/c1-7(2)5-4-6-9-10(11)8(3)13-12-9/h4,6-7H,5,11H2,1-3H3. The topological polar surface area (TPSA) is 52.0 Å². The maximum absolute atomic E-state index is 5.71. The van der Waals surface area contributed by atoms with Crippen LogP contribution >= 0.6 is 0 Å². The van der Waals surface area contributed by atoms with E-state index in [1.807, 2.05) is 13.0 Å². The van der Waals surface area contributed by atoms with Gasteiger partial charge in [-0.2, -0.15) is 0 Å². The number of anilines is 1. The van der Waals surface area contributed by atoms with Gasteiger partial charge in [-0.1, -0.05) is 25.1 Å². The van der Waals surface area contributed by atoms with Gasteiger partial charge in [0, 0.05) is 0 Å². The molecule has 1 heterocycles. The molecule has 3 heteroatoms. The molecule has 0 radical (unpaired) electrons. The van der Waals surface area contributed by atoms with E-state index in [0.717, 1.165) is 12.1 Å². The fraction of sp³-hybridized carbons (Fsp3) is 0.500. The van der Waals surface area contributed by atoms with Gasteiger partial charge in [-0.05, 0) is 25.3 Å². The van der Waals surface area contributed by atoms with Gasteiger partial charge in [0.15, 0.2) is 5.76 Å². The maximum Gasteiger partial charge on any atom is 0.157 e. The number of aromatic nitrogens is 1. The fourth-order valence-electron chi connectivity index (χ4n) is 0.968. The third-order valence-electron chi connectivity index (χ3n) is 1.82. The maximum atomic E-state index is 5.71. The summed E-state index contributed by atoms with van der Waals surface area (Å²) < 4.78 is 4.93. The van der Waals surface area contributed by atoms with Crippen LogP contribution in [0.4, 0.5) is 5.69 Å². The van der Waals surface area contributed by atoms with Crippen LogP contribution in [0.1, 0.15) is 31.7 Å². The second-order valence-electron chi connectivity index (χ2n) is 3.57. The zero-order valence-corrected chi connectivity index (χ0v) is 8.37. The average Bonchev–Trinajstić information content (AvgIpc) is 2.35. The van der Waals surface area contributed by atoms with E-state index in [1.165, 1.54) is 0 Å². The SMILES string of the molecule is Cc1onc(C=CCC(C)C)c1N. The second kappa shape index (κ2) is 4.12. The van der Waals surface area contributed by atoms with Crippen LogP contribution in [-0.4, -0.2) is 5.16 Å². The van der Waals surface area contributed by atoms with Crippen molar-refractivity contribution in [2.75, 3.05) is 5.73 Å². The van der Waals surface area contributed by atoms with Crippen molar-refractivity contribution in [1.82, 2.24) is 5.16 Å². The van der Waals surface area contributed by atoms with Gasteiger partial charge < -0.3 is 10.3 Å². The van der Waals surface area contributed by atoms with Crippen LogP contribution in [0.15, 0.2) is 10.6 Å². The number of aryl methyl sites for hydroxylation is 1. The Balaban J connectivity index is 2.63. The van der Waals surface area contributed by atoms with Crippen LogP contribution in [0.2, 0.25) is 0 Å². The van der Waals surface area contributed by atoms with E-state index < -0.39 is 0 Å². The molecule has 0 saturated carbocycles. The first-order chi connectivity index (χ1) is 6.11. The summed E-state index contributed by atoms with van der Waals surface area (Å²) in [6, 6.07) is 0. The zero-order chi connectivity index (χ0) is 9.84. The zero-order valence-electron chi connectivity index (χ0n) is 8.37. The quantitative estimate of drug-likeness (QED) is 0.777. The van der Waals surface area contributed by atoms with Crippen molar-refractivity contribution in [2.45, 2.75) is 27.2 Å². The Morgan fingerprint density at radius 1 is 1.54 bits per heavy atom. The summed E-state index contributed by atoms with van der Waals surface area (Å²) in [5.41, 5.74) is 7.09. The highest BCUT2D eigenvalue weighted by Crippen LogP contribution is 2.17. The van der Waals surface area contributed by atoms with E-state index >= 15 is 0 Å². The molecule has 1 aromatic rings. The van der Waals surface area contributed by atoms with Gasteiger partial charge in [-0.15, -0.1) is 0 Å². The number of nitrogens with zero attached hydrogens (tertiary/aromatic N) is 1. The lowest BCUT2D eigenvalue weighted by Gasteiger charge is -1.95. The molecule has 1 rings (SSSR count). The predicted molar refractivity (Wildman–Crippen MR) is 54.1 cm³/mol. The smallest absolute Gasteiger partial charge is 0.157 e. The second-order valence-corrected chi connectivity index (χ2v) is 3.57. The average molecular weight is 180 g/mol. The molecular formula is C10H16N2O. The summed E-state index contributed by atoms with van der Waals surface area (Å²) >= 11 is 0. The lowest BCUT2D eigenvalue weighted by atomic mass is 10.1. The van der Waals surface area contributed by atoms with Gasteiger partial charge in [-0.3, -0.25) is 0 Å². The van der Waals surface area contributed by atoms with Crippen LogP contribution in [0.25, 0.3) is 6.08 Å². The highest BCUT2D eigenvalue weighted by molar-refractivity contribution is 5.61. The molecule has 1 aromatic heterocycles. The fourth-order valence-corrected chi connectivity index (χ4v) is 0.968. The first-order valence-electron chi connectivity index (χ1n) is 4.49. The van der Waals surface area contributed by atoms with Crippen molar-refractivity contribution in [2.24, 2.45) is 5.92 Å². The molecule has 3 nitrogen and oxygen atoms in total. The van der Waals surface area contributed by atoms with Gasteiger partial charge in [0.25, 0.3) is 0 Å². The molecule has 2 N–H and O–H groups in total. The first kappa shape index (κ1) is 9.84. The Morgan fingerprint density at radius 3 is 2.69 bits per heavy atom. The molecule has 0 amide bonds. The van der Waals surface area contributed by atoms with E-state index in [-0.39, 0.29) is 0 Å². The summed E-state index contributed by atoms with van der Waals surface area (Å²) in [5.74, 6) is 1.34. The van der Waals surface area contributed by atoms with Crippen molar-refractivity contribution >= 4 is 11.8 Å². The van der Waals surface area contributed by atoms with Crippen LogP contribution < -0.4 is 5.73 Å². The van der Waals surface area contributed by atoms with Gasteiger partial charge in [0.05, 0.1) is 0 Å². The van der Waals surface area contributed by atoms with Crippen molar-refractivity contribution in [3.63, 3.8) is 0 Å². The summed E-state index contributed by atoms with van der Waals surface area (Å²) in [5, 5.41) is 3.83. The molecule has 0 aliphatic rings. The van der Waals surface area contributed by atoms with Gasteiger partial charge in [0.1, 0.15) is 11.4 Å². The Labute approximate surface area is 78.6 Å². The summed E-state index contributed by atoms with van der Waals surface area (Å²) in [6.07, 6.45) is 5.01. The highest BCUT2D eigenvalue weighted by atomic mass is 16.5. The van der Waals surface area contributed by atoms with Crippen molar-refractivity contribution in [3.8, 4) is 0 Å². The Kier molecular flexibility index (Phi) is 3.12. The minimum absolute atomic E-state index is 0.639. The molecule has 0 saturated heterocycles. The number of rotatable bonds is 3. The molecule has 0 aromatic carbocycles. The summed E-state index contributed by atoms with van der Waals surface area (Å²) in [6.45, 7) is 6.14. The molecule has 0 fully saturated rings. The van der Waals surface area contributed by atoms with Gasteiger partial charge in [0.2, 0.25) is 0 Å². The lowest BCUT2D eigenvalue weighted by Crippen LogP contribution is -1.87. The van der Waals surface area contributed by atoms with Crippen LogP contribution in [0.5, 0.6) is 0 Å². The van der Waals surface area contributed by atoms with E-state index in [1.54, 1.807) is 0 Å². The van der Waals surface area contributed by atoms with E-state index in [4.69, 9.17) is 10.3 Å². The Bertz CT molecular complexity index is 300. The monoisotopic (exact) mass is 180 g/mol. The number of hydrogen-bond acceptors (Lipinski definition) is 3. The molecule has 0 bridgehead atoms. The number of nitrogen functional groups attached to an aromatic ring is 1. The van der Waals surface area contributed by atoms with Crippen molar-refractivity contribution < 1.29 is 4.52 Å². The minimum atomic E-state index is 0.639. The lowest BCUT2D eigenvalue weighted by molar-refractivity contribution is 0.396. The third-order valence-corrected chi connectivity index (χ3v) is 1.82. The van der Waals surface area contributed by atoms with E-state index in [9.17, 15) is 0 Å². The summed E-state index contributed by atoms with van der Waals surface area (Å²) in [4.78, 5) is 0. The van der Waals surface area contributed by atoms with E-state index in [0.29, 0.717) is 17.4 Å². The molecule has 0 aliphatic carbocycles. The first-order valence-corrected chi connectivity index (χ1v) is 4.49. The Morgan fingerprint density at radius 2 is 2.23 bits per heavy atom. The largest absolute Gasteiger partial charge is 0.394 e. The molecule has 13 heavy (non-hydrogen) atoms. The number of allylic oxidation sites excluding steroid dienone is 1. The van der Waals surface area contributed by atoms with Crippen LogP contribution in [0.3, 0.4) is 0 Å².